The Hall–Kier alpha value is -0.960. The van der Waals surface area contributed by atoms with Crippen molar-refractivity contribution in [2.24, 2.45) is 7.05 Å². The second-order valence-corrected chi connectivity index (χ2v) is 4.17. The SMILES string of the molecule is Cc1cc2c(cc1N)c(Br)cn2C. The molecule has 3 heteroatoms. The van der Waals surface area contributed by atoms with E-state index in [1.807, 2.05) is 26.2 Å². The molecule has 13 heavy (non-hydrogen) atoms. The Morgan fingerprint density at radius 3 is 2.77 bits per heavy atom. The Kier molecular flexibility index (Phi) is 1.84. The molecule has 2 aromatic rings. The molecule has 68 valence electrons. The van der Waals surface area contributed by atoms with E-state index in [-0.39, 0.29) is 0 Å². The third-order valence-electron chi connectivity index (χ3n) is 2.33. The fourth-order valence-electron chi connectivity index (χ4n) is 1.50. The zero-order valence-corrected chi connectivity index (χ0v) is 9.22. The minimum Gasteiger partial charge on any atom is -0.398 e. The number of hydrogen-bond donors (Lipinski definition) is 1. The van der Waals surface area contributed by atoms with Gasteiger partial charge >= 0.3 is 0 Å². The van der Waals surface area contributed by atoms with Crippen LogP contribution in [0.5, 0.6) is 0 Å². The summed E-state index contributed by atoms with van der Waals surface area (Å²) in [6.07, 6.45) is 2.05. The van der Waals surface area contributed by atoms with Crippen LogP contribution in [0.2, 0.25) is 0 Å². The summed E-state index contributed by atoms with van der Waals surface area (Å²) in [7, 11) is 2.03. The summed E-state index contributed by atoms with van der Waals surface area (Å²) < 4.78 is 3.18. The Morgan fingerprint density at radius 1 is 1.38 bits per heavy atom. The van der Waals surface area contributed by atoms with Gasteiger partial charge in [-0.05, 0) is 40.5 Å². The molecule has 1 aromatic heterocycles. The van der Waals surface area contributed by atoms with Gasteiger partial charge in [-0.25, -0.2) is 0 Å². The Morgan fingerprint density at radius 2 is 2.08 bits per heavy atom. The number of nitrogens with zero attached hydrogens (tertiary/aromatic N) is 1. The van der Waals surface area contributed by atoms with Crippen LogP contribution in [0.15, 0.2) is 22.8 Å². The Labute approximate surface area is 85.5 Å². The van der Waals surface area contributed by atoms with Gasteiger partial charge in [-0.3, -0.25) is 0 Å². The van der Waals surface area contributed by atoms with Crippen molar-refractivity contribution < 1.29 is 0 Å². The van der Waals surface area contributed by atoms with Crippen molar-refractivity contribution in [3.05, 3.63) is 28.4 Å². The molecular weight excluding hydrogens is 228 g/mol. The summed E-state index contributed by atoms with van der Waals surface area (Å²) in [5, 5.41) is 1.17. The molecule has 0 bridgehead atoms. The molecule has 0 amide bonds. The Bertz CT molecular complexity index is 429. The van der Waals surface area contributed by atoms with E-state index in [4.69, 9.17) is 5.73 Å². The topological polar surface area (TPSA) is 30.9 Å². The van der Waals surface area contributed by atoms with E-state index >= 15 is 0 Å². The maximum absolute atomic E-state index is 5.83. The number of aromatic nitrogens is 1. The van der Waals surface area contributed by atoms with E-state index in [2.05, 4.69) is 26.6 Å². The molecule has 0 aliphatic heterocycles. The van der Waals surface area contributed by atoms with Gasteiger partial charge in [0.15, 0.2) is 0 Å². The van der Waals surface area contributed by atoms with E-state index < -0.39 is 0 Å². The minimum absolute atomic E-state index is 0.847. The summed E-state index contributed by atoms with van der Waals surface area (Å²) in [4.78, 5) is 0. The predicted octanol–water partition coefficient (Wildman–Crippen LogP) is 2.83. The first-order chi connectivity index (χ1) is 6.09. The van der Waals surface area contributed by atoms with Crippen LogP contribution in [0.25, 0.3) is 10.9 Å². The number of nitrogen functional groups attached to an aromatic ring is 1. The number of aryl methyl sites for hydroxylation is 2. The summed E-state index contributed by atoms with van der Waals surface area (Å²) in [5.74, 6) is 0. The fraction of sp³-hybridized carbons (Fsp3) is 0.200. The maximum Gasteiger partial charge on any atom is 0.0493 e. The number of nitrogens with two attached hydrogens (primary N) is 1. The lowest BCUT2D eigenvalue weighted by Gasteiger charge is -2.01. The van der Waals surface area contributed by atoms with Gasteiger partial charge in [-0.1, -0.05) is 0 Å². The van der Waals surface area contributed by atoms with Crippen LogP contribution in [0.1, 0.15) is 5.56 Å². The molecule has 0 unspecified atom stereocenters. The van der Waals surface area contributed by atoms with Gasteiger partial charge in [0.05, 0.1) is 0 Å². The standard InChI is InChI=1S/C10H11BrN2/c1-6-3-10-7(4-9(6)12)8(11)5-13(10)2/h3-5H,12H2,1-2H3. The average molecular weight is 239 g/mol. The third kappa shape index (κ3) is 1.23. The lowest BCUT2D eigenvalue weighted by Crippen LogP contribution is -1.90. The van der Waals surface area contributed by atoms with Gasteiger partial charge in [0.1, 0.15) is 0 Å². The third-order valence-corrected chi connectivity index (χ3v) is 2.96. The molecule has 1 aromatic carbocycles. The molecule has 2 nitrogen and oxygen atoms in total. The van der Waals surface area contributed by atoms with Gasteiger partial charge in [-0.15, -0.1) is 0 Å². The molecule has 0 aliphatic rings. The number of anilines is 1. The van der Waals surface area contributed by atoms with Crippen molar-refractivity contribution in [3.63, 3.8) is 0 Å². The second kappa shape index (κ2) is 2.77. The van der Waals surface area contributed by atoms with Crippen LogP contribution >= 0.6 is 15.9 Å². The number of hydrogen-bond acceptors (Lipinski definition) is 1. The highest BCUT2D eigenvalue weighted by molar-refractivity contribution is 9.10. The summed E-state index contributed by atoms with van der Waals surface area (Å²) in [6.45, 7) is 2.02. The molecule has 0 atom stereocenters. The molecule has 0 saturated heterocycles. The summed E-state index contributed by atoms with van der Waals surface area (Å²) in [6, 6.07) is 4.12. The van der Waals surface area contributed by atoms with Crippen LogP contribution in [0.3, 0.4) is 0 Å². The quantitative estimate of drug-likeness (QED) is 0.704. The van der Waals surface area contributed by atoms with Crippen molar-refractivity contribution in [2.45, 2.75) is 6.92 Å². The monoisotopic (exact) mass is 238 g/mol. The number of benzene rings is 1. The zero-order valence-electron chi connectivity index (χ0n) is 7.63. The second-order valence-electron chi connectivity index (χ2n) is 3.31. The predicted molar refractivity (Wildman–Crippen MR) is 59.8 cm³/mol. The highest BCUT2D eigenvalue weighted by Gasteiger charge is 2.05. The van der Waals surface area contributed by atoms with Gasteiger partial charge in [-0.2, -0.15) is 0 Å². The number of fused-ring (bicyclic) bond motifs is 1. The minimum atomic E-state index is 0.847. The van der Waals surface area contributed by atoms with Gasteiger partial charge < -0.3 is 10.3 Å². The van der Waals surface area contributed by atoms with Crippen LogP contribution in [0.4, 0.5) is 5.69 Å². The molecule has 0 spiro atoms. The lowest BCUT2D eigenvalue weighted by molar-refractivity contribution is 0.966. The molecular formula is C10H11BrN2. The van der Waals surface area contributed by atoms with Crippen molar-refractivity contribution in [1.29, 1.82) is 0 Å². The van der Waals surface area contributed by atoms with Crippen LogP contribution in [0, 0.1) is 6.92 Å². The Balaban J connectivity index is 2.91. The largest absolute Gasteiger partial charge is 0.398 e. The molecule has 2 rings (SSSR count). The van der Waals surface area contributed by atoms with Crippen LogP contribution < -0.4 is 5.73 Å². The van der Waals surface area contributed by atoms with E-state index in [1.165, 1.54) is 10.9 Å². The van der Waals surface area contributed by atoms with E-state index in [9.17, 15) is 0 Å². The van der Waals surface area contributed by atoms with Crippen molar-refractivity contribution in [2.75, 3.05) is 5.73 Å². The molecule has 0 radical (unpaired) electrons. The number of rotatable bonds is 0. The summed E-state index contributed by atoms with van der Waals surface area (Å²) in [5.41, 5.74) is 9.01. The molecule has 0 aliphatic carbocycles. The fourth-order valence-corrected chi connectivity index (χ4v) is 2.13. The average Bonchev–Trinajstić information content (AvgIpc) is 2.31. The summed E-state index contributed by atoms with van der Waals surface area (Å²) >= 11 is 3.50. The van der Waals surface area contributed by atoms with Crippen LogP contribution in [-0.2, 0) is 7.05 Å². The first-order valence-corrected chi connectivity index (χ1v) is 4.89. The highest BCUT2D eigenvalue weighted by atomic mass is 79.9. The first kappa shape index (κ1) is 8.63. The molecule has 0 fully saturated rings. The molecule has 0 saturated carbocycles. The van der Waals surface area contributed by atoms with Crippen LogP contribution in [-0.4, -0.2) is 4.57 Å². The van der Waals surface area contributed by atoms with Crippen molar-refractivity contribution in [1.82, 2.24) is 4.57 Å². The number of halogens is 1. The smallest absolute Gasteiger partial charge is 0.0493 e. The van der Waals surface area contributed by atoms with E-state index in [0.29, 0.717) is 0 Å². The zero-order chi connectivity index (χ0) is 9.59. The highest BCUT2D eigenvalue weighted by Crippen LogP contribution is 2.29. The molecule has 1 heterocycles. The first-order valence-electron chi connectivity index (χ1n) is 4.10. The van der Waals surface area contributed by atoms with Gasteiger partial charge in [0.25, 0.3) is 0 Å². The van der Waals surface area contributed by atoms with E-state index in [1.54, 1.807) is 0 Å². The van der Waals surface area contributed by atoms with Crippen molar-refractivity contribution >= 4 is 32.5 Å². The lowest BCUT2D eigenvalue weighted by atomic mass is 10.1. The normalized spacial score (nSPS) is 11.0. The van der Waals surface area contributed by atoms with Gasteiger partial charge in [0, 0.05) is 34.3 Å². The maximum atomic E-state index is 5.83. The molecule has 2 N–H and O–H groups in total. The van der Waals surface area contributed by atoms with E-state index in [0.717, 1.165) is 15.7 Å². The van der Waals surface area contributed by atoms with Crippen molar-refractivity contribution in [3.8, 4) is 0 Å². The van der Waals surface area contributed by atoms with Gasteiger partial charge in [0.2, 0.25) is 0 Å².